The molecule has 2 amide bonds. The van der Waals surface area contributed by atoms with Gasteiger partial charge in [0.15, 0.2) is 10.7 Å². The summed E-state index contributed by atoms with van der Waals surface area (Å²) in [7, 11) is 0. The summed E-state index contributed by atoms with van der Waals surface area (Å²) in [6.07, 6.45) is -2.47. The maximum atomic E-state index is 15.1. The number of thioether (sulfide) groups is 1. The second kappa shape index (κ2) is 9.08. The fourth-order valence-electron chi connectivity index (χ4n) is 2.82. The van der Waals surface area contributed by atoms with Gasteiger partial charge in [0.2, 0.25) is 0 Å². The van der Waals surface area contributed by atoms with Crippen molar-refractivity contribution in [3.05, 3.63) is 39.7 Å². The molecule has 2 rings (SSSR count). The summed E-state index contributed by atoms with van der Waals surface area (Å²) in [4.78, 5) is 40.3. The van der Waals surface area contributed by atoms with Gasteiger partial charge in [-0.25, -0.2) is 27.8 Å². The third-order valence-electron chi connectivity index (χ3n) is 4.44. The highest BCUT2D eigenvalue weighted by molar-refractivity contribution is 8.14. The van der Waals surface area contributed by atoms with Crippen molar-refractivity contribution in [2.24, 2.45) is 4.99 Å². The van der Waals surface area contributed by atoms with Crippen LogP contribution in [0.15, 0.2) is 23.2 Å². The Morgan fingerprint density at radius 2 is 1.62 bits per heavy atom. The number of amidine groups is 1. The van der Waals surface area contributed by atoms with Crippen LogP contribution in [0.1, 0.15) is 54.0 Å². The molecule has 0 saturated heterocycles. The molecule has 9 nitrogen and oxygen atoms in total. The fourth-order valence-corrected chi connectivity index (χ4v) is 3.94. The summed E-state index contributed by atoms with van der Waals surface area (Å²) < 4.78 is 55.4. The van der Waals surface area contributed by atoms with E-state index in [1.165, 1.54) is 41.5 Å². The van der Waals surface area contributed by atoms with Gasteiger partial charge in [0, 0.05) is 17.7 Å². The van der Waals surface area contributed by atoms with E-state index in [0.717, 1.165) is 13.0 Å². The van der Waals surface area contributed by atoms with E-state index in [2.05, 4.69) is 4.99 Å². The van der Waals surface area contributed by atoms with Crippen LogP contribution in [-0.2, 0) is 15.0 Å². The minimum absolute atomic E-state index is 0.365. The number of halogens is 3. The number of carbonyl (C=O) groups excluding carboxylic acids is 2. The number of rotatable bonds is 2. The fraction of sp³-hybridized carbons (Fsp3) is 0.571. The number of nitrogens with zero attached hydrogens (tertiary/aromatic N) is 3. The minimum atomic E-state index is -3.70. The van der Waals surface area contributed by atoms with Gasteiger partial charge in [-0.3, -0.25) is 10.1 Å². The first-order valence-electron chi connectivity index (χ1n) is 10.1. The zero-order chi connectivity index (χ0) is 26.3. The lowest BCUT2D eigenvalue weighted by Crippen LogP contribution is -2.53. The molecule has 34 heavy (non-hydrogen) atoms. The highest BCUT2D eigenvalue weighted by atomic mass is 32.2. The summed E-state index contributed by atoms with van der Waals surface area (Å²) >= 11 is 0.368. The molecule has 0 aromatic heterocycles. The first kappa shape index (κ1) is 27.4. The Labute approximate surface area is 198 Å². The zero-order valence-corrected chi connectivity index (χ0v) is 20.6. The average molecular weight is 506 g/mol. The number of amides is 2. The molecule has 0 bridgehead atoms. The van der Waals surface area contributed by atoms with Gasteiger partial charge in [0.1, 0.15) is 17.0 Å². The van der Waals surface area contributed by atoms with E-state index in [0.29, 0.717) is 28.8 Å². The molecule has 1 aromatic carbocycles. The molecule has 0 saturated carbocycles. The van der Waals surface area contributed by atoms with E-state index in [9.17, 15) is 24.1 Å². The van der Waals surface area contributed by atoms with Gasteiger partial charge in [-0.2, -0.15) is 4.90 Å². The van der Waals surface area contributed by atoms with Crippen molar-refractivity contribution in [3.63, 3.8) is 0 Å². The number of aliphatic imine (C=N–C) groups is 1. The number of benzene rings is 1. The topological polar surface area (TPSA) is 111 Å². The number of nitro benzene ring substituents is 1. The van der Waals surface area contributed by atoms with Gasteiger partial charge in [-0.15, -0.1) is 0 Å². The van der Waals surface area contributed by atoms with Crippen LogP contribution in [0.4, 0.5) is 28.4 Å². The second-order valence-electron chi connectivity index (χ2n) is 9.68. The smallest absolute Gasteiger partial charge is 0.426 e. The largest absolute Gasteiger partial charge is 0.443 e. The summed E-state index contributed by atoms with van der Waals surface area (Å²) in [5.74, 6) is -5.87. The standard InChI is InChI=1S/C21H26F3N3O6S/c1-18(2,3)32-16(28)26(17(29)33-19(4,5)6)15-25-20(7,21(23,24)11-34-15)13-10-12(27(30)31)8-9-14(13)22/h8-10H,11H2,1-7H3/t20-/m1/s1. The van der Waals surface area contributed by atoms with E-state index in [-0.39, 0.29) is 0 Å². The lowest BCUT2D eigenvalue weighted by Gasteiger charge is -2.39. The molecule has 1 heterocycles. The quantitative estimate of drug-likeness (QED) is 0.366. The molecular formula is C21H26F3N3O6S. The van der Waals surface area contributed by atoms with Crippen molar-refractivity contribution in [1.82, 2.24) is 4.90 Å². The number of nitro groups is 1. The first-order valence-corrected chi connectivity index (χ1v) is 11.1. The van der Waals surface area contributed by atoms with Crippen molar-refractivity contribution >= 4 is 34.8 Å². The highest BCUT2D eigenvalue weighted by Crippen LogP contribution is 2.48. The molecular weight excluding hydrogens is 479 g/mol. The lowest BCUT2D eigenvalue weighted by atomic mass is 9.86. The van der Waals surface area contributed by atoms with E-state index >= 15 is 8.78 Å². The molecule has 0 spiro atoms. The first-order chi connectivity index (χ1) is 15.3. The summed E-state index contributed by atoms with van der Waals surface area (Å²) in [6.45, 7) is 10.1. The van der Waals surface area contributed by atoms with Crippen molar-refractivity contribution in [3.8, 4) is 0 Å². The van der Waals surface area contributed by atoms with Gasteiger partial charge in [-0.05, 0) is 54.5 Å². The van der Waals surface area contributed by atoms with Crippen LogP contribution in [0.3, 0.4) is 0 Å². The van der Waals surface area contributed by atoms with E-state index in [1.54, 1.807) is 0 Å². The predicted octanol–water partition coefficient (Wildman–Crippen LogP) is 5.86. The maximum absolute atomic E-state index is 15.1. The highest BCUT2D eigenvalue weighted by Gasteiger charge is 2.57. The average Bonchev–Trinajstić information content (AvgIpc) is 2.62. The zero-order valence-electron chi connectivity index (χ0n) is 19.8. The van der Waals surface area contributed by atoms with Crippen molar-refractivity contribution in [2.75, 3.05) is 5.75 Å². The SMILES string of the molecule is CC(C)(C)OC(=O)N(C(=O)OC(C)(C)C)C1=N[C@](C)(c2cc([N+](=O)[O-])ccc2F)C(F)(F)CS1. The van der Waals surface area contributed by atoms with Crippen LogP contribution in [0, 0.1) is 15.9 Å². The number of alkyl halides is 2. The predicted molar refractivity (Wildman–Crippen MR) is 120 cm³/mol. The monoisotopic (exact) mass is 505 g/mol. The summed E-state index contributed by atoms with van der Waals surface area (Å²) in [6, 6.07) is 2.17. The Bertz CT molecular complexity index is 1010. The number of hydrogen-bond acceptors (Lipinski definition) is 8. The number of ether oxygens (including phenoxy) is 2. The third kappa shape index (κ3) is 5.99. The number of hydrogen-bond donors (Lipinski definition) is 0. The molecule has 0 N–H and O–H groups in total. The minimum Gasteiger partial charge on any atom is -0.443 e. The van der Waals surface area contributed by atoms with E-state index in [1.807, 2.05) is 0 Å². The van der Waals surface area contributed by atoms with Crippen molar-refractivity contribution in [2.45, 2.75) is 71.1 Å². The molecule has 0 unspecified atom stereocenters. The molecule has 13 heteroatoms. The van der Waals surface area contributed by atoms with E-state index < -0.39 is 67.8 Å². The molecule has 0 radical (unpaired) electrons. The maximum Gasteiger partial charge on any atom is 0.426 e. The van der Waals surface area contributed by atoms with Crippen LogP contribution >= 0.6 is 11.8 Å². The van der Waals surface area contributed by atoms with Gasteiger partial charge >= 0.3 is 12.2 Å². The molecule has 188 valence electrons. The Morgan fingerprint density at radius 1 is 1.12 bits per heavy atom. The van der Waals surface area contributed by atoms with Crippen LogP contribution < -0.4 is 0 Å². The van der Waals surface area contributed by atoms with Gasteiger partial charge < -0.3 is 9.47 Å². The normalized spacial score (nSPS) is 20.2. The van der Waals surface area contributed by atoms with Crippen molar-refractivity contribution in [1.29, 1.82) is 0 Å². The van der Waals surface area contributed by atoms with Crippen LogP contribution in [0.25, 0.3) is 0 Å². The molecule has 1 atom stereocenters. The Balaban J connectivity index is 2.70. The Hall–Kier alpha value is -2.83. The van der Waals surface area contributed by atoms with Crippen LogP contribution in [0.5, 0.6) is 0 Å². The van der Waals surface area contributed by atoms with Crippen molar-refractivity contribution < 1.29 is 37.2 Å². The van der Waals surface area contributed by atoms with E-state index in [4.69, 9.17) is 9.47 Å². The molecule has 0 aliphatic carbocycles. The van der Waals surface area contributed by atoms with Gasteiger partial charge in [0.05, 0.1) is 10.7 Å². The van der Waals surface area contributed by atoms with Gasteiger partial charge in [-0.1, -0.05) is 11.8 Å². The molecule has 1 aliphatic rings. The number of carbonyl (C=O) groups is 2. The van der Waals surface area contributed by atoms with Crippen LogP contribution in [-0.4, -0.2) is 50.1 Å². The molecule has 1 aromatic rings. The van der Waals surface area contributed by atoms with Gasteiger partial charge in [0.25, 0.3) is 11.6 Å². The molecule has 1 aliphatic heterocycles. The Kier molecular flexibility index (Phi) is 7.32. The molecule has 0 fully saturated rings. The number of imide groups is 1. The number of non-ortho nitro benzene ring substituents is 1. The summed E-state index contributed by atoms with van der Waals surface area (Å²) in [5, 5.41) is 10.6. The second-order valence-corrected chi connectivity index (χ2v) is 10.6. The lowest BCUT2D eigenvalue weighted by molar-refractivity contribution is -0.385. The van der Waals surface area contributed by atoms with Crippen LogP contribution in [0.2, 0.25) is 0 Å². The summed E-state index contributed by atoms with van der Waals surface area (Å²) in [5.41, 5.74) is -6.20. The Morgan fingerprint density at radius 3 is 2.06 bits per heavy atom. The third-order valence-corrected chi connectivity index (χ3v) is 5.48.